The normalized spacial score (nSPS) is 9.69. The molecule has 0 atom stereocenters. The number of benzene rings is 1. The van der Waals surface area contributed by atoms with Gasteiger partial charge in [0.15, 0.2) is 5.78 Å². The molecule has 0 aliphatic rings. The highest BCUT2D eigenvalue weighted by molar-refractivity contribution is 14.1. The maximum absolute atomic E-state index is 11.5. The Balaban J connectivity index is 3.05. The number of carbonyl (C=O) groups excluding carboxylic acids is 1. The van der Waals surface area contributed by atoms with Crippen molar-refractivity contribution in [1.82, 2.24) is 0 Å². The number of hydrogen-bond acceptors (Lipinski definition) is 1. The molecule has 0 fully saturated rings. The summed E-state index contributed by atoms with van der Waals surface area (Å²) in [7, 11) is 0. The maximum Gasteiger partial charge on any atom is 0.167 e. The SMILES string of the molecule is C=CCC(=O)c1cc(I)ccc1Br. The van der Waals surface area contributed by atoms with Crippen molar-refractivity contribution in [3.05, 3.63) is 44.5 Å². The first kappa shape index (κ1) is 10.9. The van der Waals surface area contributed by atoms with Crippen LogP contribution < -0.4 is 0 Å². The molecule has 68 valence electrons. The third-order valence-corrected chi connectivity index (χ3v) is 2.92. The Bertz CT molecular complexity index is 347. The second kappa shape index (κ2) is 4.91. The molecule has 0 N–H and O–H groups in total. The van der Waals surface area contributed by atoms with Crippen molar-refractivity contribution >= 4 is 44.3 Å². The van der Waals surface area contributed by atoms with Gasteiger partial charge in [0.05, 0.1) is 0 Å². The van der Waals surface area contributed by atoms with Gasteiger partial charge in [-0.2, -0.15) is 0 Å². The number of allylic oxidation sites excluding steroid dienone is 1. The lowest BCUT2D eigenvalue weighted by Gasteiger charge is -2.01. The van der Waals surface area contributed by atoms with Crippen LogP contribution in [0.2, 0.25) is 0 Å². The second-order valence-corrected chi connectivity index (χ2v) is 4.64. The first-order chi connectivity index (χ1) is 6.15. The summed E-state index contributed by atoms with van der Waals surface area (Å²) in [6, 6.07) is 5.71. The summed E-state index contributed by atoms with van der Waals surface area (Å²) in [5.74, 6) is 0.0976. The molecule has 1 rings (SSSR count). The van der Waals surface area contributed by atoms with Crippen molar-refractivity contribution in [2.75, 3.05) is 0 Å². The number of ketones is 1. The largest absolute Gasteiger partial charge is 0.294 e. The molecule has 0 radical (unpaired) electrons. The van der Waals surface area contributed by atoms with Crippen LogP contribution in [0.4, 0.5) is 0 Å². The molecular weight excluding hydrogens is 343 g/mol. The van der Waals surface area contributed by atoms with Gasteiger partial charge >= 0.3 is 0 Å². The number of rotatable bonds is 3. The van der Waals surface area contributed by atoms with Gasteiger partial charge in [0, 0.05) is 20.0 Å². The molecule has 1 aromatic rings. The van der Waals surface area contributed by atoms with E-state index >= 15 is 0 Å². The predicted octanol–water partition coefficient (Wildman–Crippen LogP) is 3.81. The Morgan fingerprint density at radius 3 is 2.92 bits per heavy atom. The average Bonchev–Trinajstić information content (AvgIpc) is 2.09. The molecule has 0 bridgehead atoms. The van der Waals surface area contributed by atoms with Gasteiger partial charge in [-0.15, -0.1) is 6.58 Å². The van der Waals surface area contributed by atoms with Crippen LogP contribution in [0.3, 0.4) is 0 Å². The molecule has 1 nitrogen and oxygen atoms in total. The van der Waals surface area contributed by atoms with Crippen LogP contribution in [0, 0.1) is 3.57 Å². The van der Waals surface area contributed by atoms with Gasteiger partial charge in [-0.25, -0.2) is 0 Å². The molecule has 0 aliphatic heterocycles. The molecule has 0 amide bonds. The van der Waals surface area contributed by atoms with E-state index in [2.05, 4.69) is 45.1 Å². The van der Waals surface area contributed by atoms with Gasteiger partial charge in [0.2, 0.25) is 0 Å². The van der Waals surface area contributed by atoms with Gasteiger partial charge in [-0.3, -0.25) is 4.79 Å². The first-order valence-corrected chi connectivity index (χ1v) is 5.61. The van der Waals surface area contributed by atoms with Gasteiger partial charge < -0.3 is 0 Å². The summed E-state index contributed by atoms with van der Waals surface area (Å²) in [5.41, 5.74) is 0.729. The lowest BCUT2D eigenvalue weighted by Crippen LogP contribution is -1.98. The standard InChI is InChI=1S/C10H8BrIO/c1-2-3-10(13)8-6-7(12)4-5-9(8)11/h2,4-6H,1,3H2. The fourth-order valence-corrected chi connectivity index (χ4v) is 1.91. The highest BCUT2D eigenvalue weighted by Crippen LogP contribution is 2.20. The molecule has 0 aromatic heterocycles. The number of Topliss-reactive ketones (excluding diaryl/α,β-unsaturated/α-hetero) is 1. The van der Waals surface area contributed by atoms with Crippen molar-refractivity contribution < 1.29 is 4.79 Å². The van der Waals surface area contributed by atoms with Crippen molar-refractivity contribution in [1.29, 1.82) is 0 Å². The molecule has 3 heteroatoms. The lowest BCUT2D eigenvalue weighted by molar-refractivity contribution is 0.0995. The van der Waals surface area contributed by atoms with E-state index in [4.69, 9.17) is 0 Å². The van der Waals surface area contributed by atoms with Crippen LogP contribution in [0.5, 0.6) is 0 Å². The number of hydrogen-bond donors (Lipinski definition) is 0. The number of halogens is 2. The maximum atomic E-state index is 11.5. The third-order valence-electron chi connectivity index (χ3n) is 1.56. The molecule has 0 spiro atoms. The zero-order valence-electron chi connectivity index (χ0n) is 6.89. The Morgan fingerprint density at radius 1 is 1.62 bits per heavy atom. The third kappa shape index (κ3) is 2.91. The molecule has 0 heterocycles. The van der Waals surface area contributed by atoms with Crippen molar-refractivity contribution in [2.45, 2.75) is 6.42 Å². The summed E-state index contributed by atoms with van der Waals surface area (Å²) in [4.78, 5) is 11.5. The summed E-state index contributed by atoms with van der Waals surface area (Å²) >= 11 is 5.53. The monoisotopic (exact) mass is 350 g/mol. The van der Waals surface area contributed by atoms with Crippen LogP contribution in [0.15, 0.2) is 35.3 Å². The molecule has 1 aromatic carbocycles. The zero-order chi connectivity index (χ0) is 9.84. The van der Waals surface area contributed by atoms with Crippen molar-refractivity contribution in [3.63, 3.8) is 0 Å². The smallest absolute Gasteiger partial charge is 0.167 e. The van der Waals surface area contributed by atoms with Crippen LogP contribution in [-0.4, -0.2) is 5.78 Å². The Hall–Kier alpha value is -0.160. The van der Waals surface area contributed by atoms with Crippen LogP contribution >= 0.6 is 38.5 Å². The minimum atomic E-state index is 0.0976. The van der Waals surface area contributed by atoms with Gasteiger partial charge in [0.1, 0.15) is 0 Å². The van der Waals surface area contributed by atoms with Crippen molar-refractivity contribution in [2.24, 2.45) is 0 Å². The molecular formula is C10H8BrIO. The minimum Gasteiger partial charge on any atom is -0.294 e. The predicted molar refractivity (Wildman–Crippen MR) is 66.0 cm³/mol. The van der Waals surface area contributed by atoms with Crippen LogP contribution in [0.1, 0.15) is 16.8 Å². The molecule has 0 saturated heterocycles. The highest BCUT2D eigenvalue weighted by atomic mass is 127. The van der Waals surface area contributed by atoms with E-state index in [1.165, 1.54) is 0 Å². The fourth-order valence-electron chi connectivity index (χ4n) is 0.952. The lowest BCUT2D eigenvalue weighted by atomic mass is 10.1. The second-order valence-electron chi connectivity index (χ2n) is 2.54. The Morgan fingerprint density at radius 2 is 2.31 bits per heavy atom. The van der Waals surface area contributed by atoms with E-state index in [0.717, 1.165) is 13.6 Å². The zero-order valence-corrected chi connectivity index (χ0v) is 10.6. The van der Waals surface area contributed by atoms with E-state index in [-0.39, 0.29) is 5.78 Å². The van der Waals surface area contributed by atoms with Gasteiger partial charge in [-0.05, 0) is 40.8 Å². The van der Waals surface area contributed by atoms with E-state index in [1.807, 2.05) is 18.2 Å². The topological polar surface area (TPSA) is 17.1 Å². The fraction of sp³-hybridized carbons (Fsp3) is 0.100. The Kier molecular flexibility index (Phi) is 4.12. The molecule has 13 heavy (non-hydrogen) atoms. The average molecular weight is 351 g/mol. The number of carbonyl (C=O) groups is 1. The summed E-state index contributed by atoms with van der Waals surface area (Å²) in [5, 5.41) is 0. The van der Waals surface area contributed by atoms with E-state index in [1.54, 1.807) is 6.08 Å². The van der Waals surface area contributed by atoms with Crippen LogP contribution in [-0.2, 0) is 0 Å². The molecule has 0 unspecified atom stereocenters. The summed E-state index contributed by atoms with van der Waals surface area (Å²) in [6.45, 7) is 3.54. The molecule has 0 saturated carbocycles. The van der Waals surface area contributed by atoms with Gasteiger partial charge in [0.25, 0.3) is 0 Å². The minimum absolute atomic E-state index is 0.0976. The Labute approximate surface area is 99.5 Å². The molecule has 0 aliphatic carbocycles. The summed E-state index contributed by atoms with van der Waals surface area (Å²) < 4.78 is 1.91. The van der Waals surface area contributed by atoms with E-state index in [0.29, 0.717) is 6.42 Å². The van der Waals surface area contributed by atoms with Crippen molar-refractivity contribution in [3.8, 4) is 0 Å². The van der Waals surface area contributed by atoms with E-state index in [9.17, 15) is 4.79 Å². The summed E-state index contributed by atoms with van der Waals surface area (Å²) in [6.07, 6.45) is 2.01. The quantitative estimate of drug-likeness (QED) is 0.460. The first-order valence-electron chi connectivity index (χ1n) is 3.74. The highest BCUT2D eigenvalue weighted by Gasteiger charge is 2.08. The van der Waals surface area contributed by atoms with Crippen LogP contribution in [0.25, 0.3) is 0 Å². The van der Waals surface area contributed by atoms with E-state index < -0.39 is 0 Å². The van der Waals surface area contributed by atoms with Gasteiger partial charge in [-0.1, -0.05) is 22.0 Å².